The van der Waals surface area contributed by atoms with E-state index in [1.807, 2.05) is 0 Å². The highest BCUT2D eigenvalue weighted by molar-refractivity contribution is 5.95. The number of alkyl halides is 3. The quantitative estimate of drug-likeness (QED) is 0.568. The van der Waals surface area contributed by atoms with E-state index in [2.05, 4.69) is 0 Å². The summed E-state index contributed by atoms with van der Waals surface area (Å²) in [6.07, 6.45) is -0.00682. The molecule has 1 fully saturated rings. The lowest BCUT2D eigenvalue weighted by Gasteiger charge is -2.46. The molecule has 1 aromatic carbocycles. The predicted octanol–water partition coefficient (Wildman–Crippen LogP) is 5.94. The summed E-state index contributed by atoms with van der Waals surface area (Å²) in [6, 6.07) is 1.83. The van der Waals surface area contributed by atoms with Crippen LogP contribution in [-0.2, 0) is 15.8 Å². The van der Waals surface area contributed by atoms with Crippen molar-refractivity contribution < 1.29 is 37.4 Å². The summed E-state index contributed by atoms with van der Waals surface area (Å²) >= 11 is 0. The van der Waals surface area contributed by atoms with Gasteiger partial charge in [-0.2, -0.15) is 13.2 Å². The Bertz CT molecular complexity index is 970. The number of carboxylic acids is 2. The molecule has 2 aliphatic rings. The summed E-state index contributed by atoms with van der Waals surface area (Å²) in [5.41, 5.74) is -2.92. The molecule has 8 heteroatoms. The van der Waals surface area contributed by atoms with E-state index in [1.54, 1.807) is 6.92 Å². The zero-order chi connectivity index (χ0) is 23.1. The maximum absolute atomic E-state index is 14.3. The second-order valence-electron chi connectivity index (χ2n) is 8.45. The number of carbonyl (C=O) groups is 2. The van der Waals surface area contributed by atoms with E-state index >= 15 is 0 Å². The fraction of sp³-hybridized carbons (Fsp3) is 0.478. The molecular weight excluding hydrogens is 416 g/mol. The van der Waals surface area contributed by atoms with Gasteiger partial charge < -0.3 is 10.2 Å². The van der Waals surface area contributed by atoms with E-state index in [1.165, 1.54) is 13.0 Å². The van der Waals surface area contributed by atoms with Crippen LogP contribution >= 0.6 is 0 Å². The highest BCUT2D eigenvalue weighted by atomic mass is 19.4. The van der Waals surface area contributed by atoms with Crippen LogP contribution in [0.5, 0.6) is 0 Å². The molecule has 0 bridgehead atoms. The maximum atomic E-state index is 14.3. The Hall–Kier alpha value is -2.64. The van der Waals surface area contributed by atoms with Crippen molar-refractivity contribution in [2.45, 2.75) is 58.0 Å². The molecule has 31 heavy (non-hydrogen) atoms. The minimum atomic E-state index is -4.86. The van der Waals surface area contributed by atoms with Crippen LogP contribution in [0.1, 0.15) is 63.0 Å². The third-order valence-electron chi connectivity index (χ3n) is 6.68. The minimum Gasteiger partial charge on any atom is -0.481 e. The minimum absolute atomic E-state index is 0.281. The van der Waals surface area contributed by atoms with Crippen molar-refractivity contribution in [3.05, 3.63) is 57.9 Å². The van der Waals surface area contributed by atoms with Crippen LogP contribution in [0.25, 0.3) is 0 Å². The molecule has 2 aliphatic carbocycles. The first-order valence-corrected chi connectivity index (χ1v) is 10.1. The molecule has 0 amide bonds. The van der Waals surface area contributed by atoms with Gasteiger partial charge in [-0.25, -0.2) is 9.18 Å². The molecule has 0 aliphatic heterocycles. The van der Waals surface area contributed by atoms with Crippen molar-refractivity contribution in [2.24, 2.45) is 11.3 Å². The number of allylic oxidation sites excluding steroid dienone is 2. The second-order valence-corrected chi connectivity index (χ2v) is 8.45. The van der Waals surface area contributed by atoms with Crippen molar-refractivity contribution in [2.75, 3.05) is 0 Å². The van der Waals surface area contributed by atoms with E-state index in [0.29, 0.717) is 30.5 Å². The number of rotatable bonds is 4. The third kappa shape index (κ3) is 4.00. The van der Waals surface area contributed by atoms with Crippen LogP contribution in [0.3, 0.4) is 0 Å². The van der Waals surface area contributed by atoms with Crippen LogP contribution in [0, 0.1) is 17.2 Å². The number of carboxylic acid groups (broad SMARTS) is 2. The van der Waals surface area contributed by atoms with Gasteiger partial charge in [0.15, 0.2) is 0 Å². The largest absolute Gasteiger partial charge is 0.481 e. The number of hydrogen-bond acceptors (Lipinski definition) is 2. The zero-order valence-electron chi connectivity index (χ0n) is 17.2. The Kier molecular flexibility index (Phi) is 6.04. The monoisotopic (exact) mass is 440 g/mol. The van der Waals surface area contributed by atoms with Crippen LogP contribution < -0.4 is 0 Å². The molecule has 4 nitrogen and oxygen atoms in total. The first kappa shape index (κ1) is 23.0. The van der Waals surface area contributed by atoms with Gasteiger partial charge in [-0.3, -0.25) is 4.79 Å². The lowest BCUT2D eigenvalue weighted by molar-refractivity contribution is -0.151. The van der Waals surface area contributed by atoms with Crippen molar-refractivity contribution in [1.29, 1.82) is 0 Å². The van der Waals surface area contributed by atoms with Gasteiger partial charge in [-0.15, -0.1) is 0 Å². The Morgan fingerprint density at radius 2 is 1.65 bits per heavy atom. The summed E-state index contributed by atoms with van der Waals surface area (Å²) in [6.45, 7) is 3.10. The number of aliphatic carboxylic acids is 2. The van der Waals surface area contributed by atoms with Crippen LogP contribution in [0.4, 0.5) is 17.6 Å². The van der Waals surface area contributed by atoms with Gasteiger partial charge in [0, 0.05) is 11.5 Å². The van der Waals surface area contributed by atoms with Gasteiger partial charge in [-0.1, -0.05) is 30.9 Å². The van der Waals surface area contributed by atoms with Crippen molar-refractivity contribution in [3.8, 4) is 0 Å². The molecule has 2 N–H and O–H groups in total. The standard InChI is InChI=1S/C23H24F4O4/c1-12-11-22(21(30)31,15-6-4-3-5-7-15)19(18(13(12)2)20(28)29)14-8-16(23(25,26)27)10-17(24)9-14/h8-11,15,19H,3-7H2,1-2H3,(H,28,29)(H,30,31). The van der Waals surface area contributed by atoms with Gasteiger partial charge in [0.25, 0.3) is 0 Å². The third-order valence-corrected chi connectivity index (χ3v) is 6.68. The molecule has 0 aromatic heterocycles. The van der Waals surface area contributed by atoms with Gasteiger partial charge >= 0.3 is 18.1 Å². The van der Waals surface area contributed by atoms with Crippen LogP contribution in [0.2, 0.25) is 0 Å². The smallest absolute Gasteiger partial charge is 0.416 e. The molecule has 1 aromatic rings. The van der Waals surface area contributed by atoms with Gasteiger partial charge in [0.1, 0.15) is 11.2 Å². The van der Waals surface area contributed by atoms with Gasteiger partial charge in [0.05, 0.1) is 5.56 Å². The molecular formula is C23H24F4O4. The summed E-state index contributed by atoms with van der Waals surface area (Å²) in [4.78, 5) is 25.0. The van der Waals surface area contributed by atoms with Crippen LogP contribution in [-0.4, -0.2) is 22.2 Å². The highest BCUT2D eigenvalue weighted by Gasteiger charge is 2.55. The Balaban J connectivity index is 2.36. The molecule has 3 rings (SSSR count). The average Bonchev–Trinajstić information content (AvgIpc) is 2.68. The van der Waals surface area contributed by atoms with E-state index < -0.39 is 46.7 Å². The topological polar surface area (TPSA) is 74.6 Å². The summed E-state index contributed by atoms with van der Waals surface area (Å²) in [5.74, 6) is -5.87. The zero-order valence-corrected chi connectivity index (χ0v) is 17.2. The predicted molar refractivity (Wildman–Crippen MR) is 105 cm³/mol. The Morgan fingerprint density at radius 1 is 1.03 bits per heavy atom. The Morgan fingerprint density at radius 3 is 2.16 bits per heavy atom. The lowest BCUT2D eigenvalue weighted by atomic mass is 9.55. The summed E-state index contributed by atoms with van der Waals surface area (Å²) in [7, 11) is 0. The van der Waals surface area contributed by atoms with Crippen molar-refractivity contribution >= 4 is 11.9 Å². The number of hydrogen-bond donors (Lipinski definition) is 2. The second kappa shape index (κ2) is 8.13. The van der Waals surface area contributed by atoms with Gasteiger partial charge in [0.2, 0.25) is 0 Å². The fourth-order valence-electron chi connectivity index (χ4n) is 5.18. The molecule has 0 radical (unpaired) electrons. The molecule has 2 unspecified atom stereocenters. The number of halogens is 4. The maximum Gasteiger partial charge on any atom is 0.416 e. The summed E-state index contributed by atoms with van der Waals surface area (Å²) in [5, 5.41) is 20.4. The van der Waals surface area contributed by atoms with Gasteiger partial charge in [-0.05, 0) is 61.9 Å². The number of benzene rings is 1. The van der Waals surface area contributed by atoms with Crippen LogP contribution in [0.15, 0.2) is 41.0 Å². The fourth-order valence-corrected chi connectivity index (χ4v) is 5.18. The highest BCUT2D eigenvalue weighted by Crippen LogP contribution is 2.56. The average molecular weight is 440 g/mol. The SMILES string of the molecule is CC1=CC(C(=O)O)(C2CCCCC2)C(c2cc(F)cc(C(F)(F)F)c2)C(C(=O)O)=C1C. The molecule has 0 saturated heterocycles. The van der Waals surface area contributed by atoms with E-state index in [4.69, 9.17) is 0 Å². The molecule has 0 spiro atoms. The molecule has 2 atom stereocenters. The van der Waals surface area contributed by atoms with E-state index in [-0.39, 0.29) is 16.7 Å². The summed E-state index contributed by atoms with van der Waals surface area (Å²) < 4.78 is 54.5. The Labute approximate surface area is 177 Å². The first-order chi connectivity index (χ1) is 14.4. The van der Waals surface area contributed by atoms with Crippen molar-refractivity contribution in [3.63, 3.8) is 0 Å². The lowest BCUT2D eigenvalue weighted by Crippen LogP contribution is -2.47. The molecule has 168 valence electrons. The van der Waals surface area contributed by atoms with E-state index in [0.717, 1.165) is 25.3 Å². The van der Waals surface area contributed by atoms with Crippen molar-refractivity contribution in [1.82, 2.24) is 0 Å². The first-order valence-electron chi connectivity index (χ1n) is 10.1. The molecule has 0 heterocycles. The van der Waals surface area contributed by atoms with E-state index in [9.17, 15) is 37.4 Å². The molecule has 1 saturated carbocycles. The normalized spacial score (nSPS) is 25.4.